The van der Waals surface area contributed by atoms with Crippen molar-refractivity contribution < 1.29 is 13.9 Å². The van der Waals surface area contributed by atoms with Crippen LogP contribution in [0.4, 0.5) is 4.39 Å². The third-order valence-electron chi connectivity index (χ3n) is 4.89. The van der Waals surface area contributed by atoms with Crippen LogP contribution in [0.2, 0.25) is 5.02 Å². The van der Waals surface area contributed by atoms with Gasteiger partial charge in [-0.1, -0.05) is 23.7 Å². The van der Waals surface area contributed by atoms with Gasteiger partial charge in [0, 0.05) is 33.2 Å². The molecule has 0 saturated carbocycles. The maximum atomic E-state index is 13.6. The van der Waals surface area contributed by atoms with Gasteiger partial charge in [0.25, 0.3) is 5.91 Å². The van der Waals surface area contributed by atoms with Crippen LogP contribution in [0.3, 0.4) is 0 Å². The average molecular weight is 455 g/mol. The van der Waals surface area contributed by atoms with Gasteiger partial charge in [-0.25, -0.2) is 9.82 Å². The van der Waals surface area contributed by atoms with Crippen LogP contribution in [0.15, 0.2) is 70.7 Å². The van der Waals surface area contributed by atoms with Crippen LogP contribution in [-0.4, -0.2) is 17.4 Å². The Hall–Kier alpha value is -2.83. The monoisotopic (exact) mass is 454 g/mol. The predicted octanol–water partition coefficient (Wildman–Crippen LogP) is 6.00. The van der Waals surface area contributed by atoms with E-state index in [1.165, 1.54) is 12.1 Å². The first-order valence-electron chi connectivity index (χ1n) is 9.77. The first-order chi connectivity index (χ1) is 15.0. The van der Waals surface area contributed by atoms with Crippen molar-refractivity contribution in [2.24, 2.45) is 5.10 Å². The smallest absolute Gasteiger partial charge is 0.271 e. The summed E-state index contributed by atoms with van der Waals surface area (Å²) in [6, 6.07) is 17.3. The van der Waals surface area contributed by atoms with Crippen LogP contribution in [0.5, 0.6) is 5.75 Å². The molecule has 0 spiro atoms. The molecule has 0 fully saturated rings. The Bertz CT molecular complexity index is 1150. The van der Waals surface area contributed by atoms with Gasteiger partial charge in [0.15, 0.2) is 0 Å². The first kappa shape index (κ1) is 21.4. The van der Waals surface area contributed by atoms with Crippen molar-refractivity contribution in [1.82, 2.24) is 5.43 Å². The Morgan fingerprint density at radius 3 is 2.74 bits per heavy atom. The molecule has 1 amide bonds. The Morgan fingerprint density at radius 2 is 1.97 bits per heavy atom. The second-order valence-corrected chi connectivity index (χ2v) is 8.68. The van der Waals surface area contributed by atoms with E-state index >= 15 is 0 Å². The minimum Gasteiger partial charge on any atom is -0.489 e. The number of thioether (sulfide) groups is 1. The Morgan fingerprint density at radius 1 is 1.16 bits per heavy atom. The zero-order chi connectivity index (χ0) is 21.8. The van der Waals surface area contributed by atoms with Crippen LogP contribution in [0, 0.1) is 12.7 Å². The molecule has 4 nitrogen and oxygen atoms in total. The number of nitrogens with one attached hydrogen (secondary N) is 1. The number of hydrogen-bond donors (Lipinski definition) is 1. The van der Waals surface area contributed by atoms with Crippen LogP contribution in [0.25, 0.3) is 0 Å². The van der Waals surface area contributed by atoms with Crippen molar-refractivity contribution in [3.63, 3.8) is 0 Å². The number of amides is 1. The summed E-state index contributed by atoms with van der Waals surface area (Å²) in [5, 5.41) is 4.96. The number of benzene rings is 3. The molecule has 158 valence electrons. The molecule has 0 aromatic heterocycles. The Balaban J connectivity index is 1.38. The van der Waals surface area contributed by atoms with E-state index in [-0.39, 0.29) is 11.7 Å². The number of ether oxygens (including phenoxy) is 1. The summed E-state index contributed by atoms with van der Waals surface area (Å²) >= 11 is 7.69. The normalized spacial score (nSPS) is 14.2. The fourth-order valence-corrected chi connectivity index (χ4v) is 4.30. The number of aryl methyl sites for hydroxylation is 1. The first-order valence-corrected chi connectivity index (χ1v) is 11.1. The number of halogens is 2. The highest BCUT2D eigenvalue weighted by Gasteiger charge is 2.17. The highest BCUT2D eigenvalue weighted by Crippen LogP contribution is 2.30. The fraction of sp³-hybridized carbons (Fsp3) is 0.167. The van der Waals surface area contributed by atoms with Gasteiger partial charge < -0.3 is 4.74 Å². The average Bonchev–Trinajstić information content (AvgIpc) is 2.78. The van der Waals surface area contributed by atoms with Crippen LogP contribution >= 0.6 is 23.4 Å². The molecular formula is C24H20ClFN2O2S. The SMILES string of the molecule is Cc1cc(OCc2ccc(C(=O)N/N=C3/CCSc4ccc(F)cc43)cc2)ccc1Cl. The van der Waals surface area contributed by atoms with Gasteiger partial charge in [-0.3, -0.25) is 4.79 Å². The van der Waals surface area contributed by atoms with Gasteiger partial charge in [-0.15, -0.1) is 11.8 Å². The van der Waals surface area contributed by atoms with Gasteiger partial charge >= 0.3 is 0 Å². The topological polar surface area (TPSA) is 50.7 Å². The van der Waals surface area contributed by atoms with E-state index in [2.05, 4.69) is 10.5 Å². The molecule has 4 rings (SSSR count). The van der Waals surface area contributed by atoms with E-state index < -0.39 is 0 Å². The zero-order valence-electron chi connectivity index (χ0n) is 16.8. The number of nitrogens with zero attached hydrogens (tertiary/aromatic N) is 1. The molecule has 1 aliphatic heterocycles. The van der Waals surface area contributed by atoms with Gasteiger partial charge in [0.1, 0.15) is 18.2 Å². The second kappa shape index (κ2) is 9.54. The maximum absolute atomic E-state index is 13.6. The lowest BCUT2D eigenvalue weighted by atomic mass is 10.1. The minimum absolute atomic E-state index is 0.313. The van der Waals surface area contributed by atoms with Crippen LogP contribution in [-0.2, 0) is 6.61 Å². The molecule has 0 atom stereocenters. The van der Waals surface area contributed by atoms with E-state index in [9.17, 15) is 9.18 Å². The number of hydrazone groups is 1. The largest absolute Gasteiger partial charge is 0.489 e. The molecular weight excluding hydrogens is 435 g/mol. The summed E-state index contributed by atoms with van der Waals surface area (Å²) in [5.41, 5.74) is 6.39. The Labute approximate surface area is 189 Å². The molecule has 0 saturated heterocycles. The van der Waals surface area contributed by atoms with Crippen LogP contribution in [0.1, 0.15) is 33.5 Å². The van der Waals surface area contributed by atoms with E-state index in [0.29, 0.717) is 29.3 Å². The second-order valence-electron chi connectivity index (χ2n) is 7.13. The molecule has 1 N–H and O–H groups in total. The molecule has 0 aliphatic carbocycles. The standard InChI is InChI=1S/C24H20ClFN2O2S/c1-15-12-19(7-8-21(15)25)30-14-16-2-4-17(5-3-16)24(29)28-27-22-10-11-31-23-9-6-18(26)13-20(22)23/h2-9,12-13H,10-11,14H2,1H3,(H,28,29)/b27-22-. The fourth-order valence-electron chi connectivity index (χ4n) is 3.17. The van der Waals surface area contributed by atoms with Crippen LogP contribution < -0.4 is 10.2 Å². The van der Waals surface area contributed by atoms with E-state index in [0.717, 1.165) is 33.1 Å². The summed E-state index contributed by atoms with van der Waals surface area (Å²) in [6.07, 6.45) is 0.669. The van der Waals surface area contributed by atoms with Crippen molar-refractivity contribution in [2.75, 3.05) is 5.75 Å². The van der Waals surface area contributed by atoms with Crippen molar-refractivity contribution in [2.45, 2.75) is 24.8 Å². The number of rotatable bonds is 5. The van der Waals surface area contributed by atoms with Crippen molar-refractivity contribution in [1.29, 1.82) is 0 Å². The molecule has 1 heterocycles. The summed E-state index contributed by atoms with van der Waals surface area (Å²) in [5.74, 6) is 0.952. The third-order valence-corrected chi connectivity index (χ3v) is 6.39. The molecule has 31 heavy (non-hydrogen) atoms. The molecule has 0 unspecified atom stereocenters. The molecule has 0 bridgehead atoms. The minimum atomic E-state index is -0.315. The lowest BCUT2D eigenvalue weighted by Gasteiger charge is -2.17. The summed E-state index contributed by atoms with van der Waals surface area (Å²) in [7, 11) is 0. The van der Waals surface area contributed by atoms with Gasteiger partial charge in [-0.05, 0) is 66.6 Å². The van der Waals surface area contributed by atoms with Crippen molar-refractivity contribution in [3.05, 3.63) is 93.8 Å². The summed E-state index contributed by atoms with van der Waals surface area (Å²) in [6.45, 7) is 2.30. The van der Waals surface area contributed by atoms with Gasteiger partial charge in [0.05, 0.1) is 5.71 Å². The molecule has 3 aromatic carbocycles. The third kappa shape index (κ3) is 5.27. The zero-order valence-corrected chi connectivity index (χ0v) is 18.4. The van der Waals surface area contributed by atoms with Crippen molar-refractivity contribution >= 4 is 35.0 Å². The van der Waals surface area contributed by atoms with Crippen molar-refractivity contribution in [3.8, 4) is 5.75 Å². The van der Waals surface area contributed by atoms with Gasteiger partial charge in [-0.2, -0.15) is 5.10 Å². The number of carbonyl (C=O) groups excluding carboxylic acids is 1. The summed E-state index contributed by atoms with van der Waals surface area (Å²) in [4.78, 5) is 13.5. The molecule has 3 aromatic rings. The van der Waals surface area contributed by atoms with E-state index in [4.69, 9.17) is 16.3 Å². The lowest BCUT2D eigenvalue weighted by molar-refractivity contribution is 0.0954. The molecule has 1 aliphatic rings. The number of fused-ring (bicyclic) bond motifs is 1. The number of carbonyl (C=O) groups is 1. The van der Waals surface area contributed by atoms with E-state index in [1.807, 2.05) is 31.2 Å². The predicted molar refractivity (Wildman–Crippen MR) is 123 cm³/mol. The lowest BCUT2D eigenvalue weighted by Crippen LogP contribution is -2.21. The number of hydrogen-bond acceptors (Lipinski definition) is 4. The summed E-state index contributed by atoms with van der Waals surface area (Å²) < 4.78 is 19.4. The molecule has 7 heteroatoms. The highest BCUT2D eigenvalue weighted by atomic mass is 35.5. The highest BCUT2D eigenvalue weighted by molar-refractivity contribution is 7.99. The quantitative estimate of drug-likeness (QED) is 0.481. The molecule has 0 radical (unpaired) electrons. The van der Waals surface area contributed by atoms with E-state index in [1.54, 1.807) is 36.0 Å². The maximum Gasteiger partial charge on any atom is 0.271 e. The Kier molecular flexibility index (Phi) is 6.59. The van der Waals surface area contributed by atoms with Gasteiger partial charge in [0.2, 0.25) is 0 Å².